The average Bonchev–Trinajstić information content (AvgIpc) is 3.38. The molecule has 2 aromatic carbocycles. The second kappa shape index (κ2) is 10.8. The van der Waals surface area contributed by atoms with Crippen molar-refractivity contribution in [3.63, 3.8) is 0 Å². The molecule has 4 rings (SSSR count). The second-order valence-electron chi connectivity index (χ2n) is 9.11. The maximum Gasteiger partial charge on any atom is 0.327 e. The largest absolute Gasteiger partial charge is 0.497 e. The van der Waals surface area contributed by atoms with Crippen molar-refractivity contribution in [2.24, 2.45) is 11.8 Å². The summed E-state index contributed by atoms with van der Waals surface area (Å²) in [6.07, 6.45) is 0.935. The highest BCUT2D eigenvalue weighted by molar-refractivity contribution is 6.24. The number of nitrogens with one attached hydrogen (secondary N) is 1. The van der Waals surface area contributed by atoms with Crippen molar-refractivity contribution in [2.45, 2.75) is 45.2 Å². The van der Waals surface area contributed by atoms with Crippen LogP contribution in [-0.2, 0) is 19.1 Å². The molecular weight excluding hydrogens is 476 g/mol. The number of methoxy groups -OCH3 is 2. The number of hydrogen-bond donors (Lipinski definition) is 1. The molecule has 9 heteroatoms. The molecule has 9 nitrogen and oxygen atoms in total. The number of carbonyl (C=O) groups excluding carboxylic acids is 3. The minimum absolute atomic E-state index is 0.157. The van der Waals surface area contributed by atoms with Gasteiger partial charge in [0.2, 0.25) is 11.8 Å². The van der Waals surface area contributed by atoms with E-state index in [2.05, 4.69) is 5.32 Å². The summed E-state index contributed by atoms with van der Waals surface area (Å²) >= 11 is 0. The maximum atomic E-state index is 14.0. The Morgan fingerprint density at radius 2 is 1.65 bits per heavy atom. The Labute approximate surface area is 217 Å². The van der Waals surface area contributed by atoms with Crippen molar-refractivity contribution < 1.29 is 33.3 Å². The van der Waals surface area contributed by atoms with Crippen molar-refractivity contribution in [3.8, 4) is 17.2 Å². The third kappa shape index (κ3) is 4.41. The molecule has 2 aromatic rings. The van der Waals surface area contributed by atoms with Crippen LogP contribution in [-0.4, -0.2) is 50.8 Å². The van der Waals surface area contributed by atoms with E-state index in [9.17, 15) is 14.4 Å². The minimum Gasteiger partial charge on any atom is -0.497 e. The van der Waals surface area contributed by atoms with Crippen LogP contribution in [0, 0.1) is 11.8 Å². The molecule has 0 unspecified atom stereocenters. The van der Waals surface area contributed by atoms with E-state index >= 15 is 0 Å². The summed E-state index contributed by atoms with van der Waals surface area (Å²) in [5.74, 6) is -1.40. The molecule has 0 bridgehead atoms. The molecular formula is C28H34N2O7. The first-order valence-corrected chi connectivity index (χ1v) is 12.6. The highest BCUT2D eigenvalue weighted by atomic mass is 16.5. The Morgan fingerprint density at radius 1 is 0.946 bits per heavy atom. The van der Waals surface area contributed by atoms with Crippen molar-refractivity contribution in [1.82, 2.24) is 5.32 Å². The molecule has 37 heavy (non-hydrogen) atoms. The molecule has 0 spiro atoms. The lowest BCUT2D eigenvalue weighted by Gasteiger charge is -2.32. The lowest BCUT2D eigenvalue weighted by molar-refractivity contribution is -0.155. The number of fused-ring (bicyclic) bond motifs is 1. The molecule has 2 saturated heterocycles. The molecule has 0 aliphatic carbocycles. The number of rotatable bonds is 10. The summed E-state index contributed by atoms with van der Waals surface area (Å²) in [6.45, 7) is 6.20. The van der Waals surface area contributed by atoms with Gasteiger partial charge in [-0.25, -0.2) is 4.90 Å². The van der Waals surface area contributed by atoms with Crippen molar-refractivity contribution in [3.05, 3.63) is 48.0 Å². The fourth-order valence-electron chi connectivity index (χ4n) is 5.63. The Hall–Kier alpha value is -3.59. The monoisotopic (exact) mass is 510 g/mol. The van der Waals surface area contributed by atoms with Crippen LogP contribution in [0.2, 0.25) is 0 Å². The van der Waals surface area contributed by atoms with Crippen LogP contribution >= 0.6 is 0 Å². The van der Waals surface area contributed by atoms with Gasteiger partial charge in [0.25, 0.3) is 0 Å². The molecule has 4 atom stereocenters. The van der Waals surface area contributed by atoms with Gasteiger partial charge in [0, 0.05) is 17.7 Å². The van der Waals surface area contributed by atoms with Gasteiger partial charge in [0.1, 0.15) is 22.8 Å². The van der Waals surface area contributed by atoms with Crippen molar-refractivity contribution in [2.75, 3.05) is 32.3 Å². The average molecular weight is 511 g/mol. The third-order valence-corrected chi connectivity index (χ3v) is 7.12. The van der Waals surface area contributed by atoms with Crippen molar-refractivity contribution in [1.29, 1.82) is 0 Å². The van der Waals surface area contributed by atoms with E-state index in [0.29, 0.717) is 47.9 Å². The lowest BCUT2D eigenvalue weighted by atomic mass is 9.77. The zero-order chi connectivity index (χ0) is 26.7. The minimum atomic E-state index is -1.36. The Bertz CT molecular complexity index is 1170. The summed E-state index contributed by atoms with van der Waals surface area (Å²) in [6, 6.07) is 11.4. The molecule has 2 fully saturated rings. The van der Waals surface area contributed by atoms with Crippen LogP contribution in [0.15, 0.2) is 42.5 Å². The molecule has 0 radical (unpaired) electrons. The van der Waals surface area contributed by atoms with Crippen LogP contribution in [0.4, 0.5) is 5.69 Å². The summed E-state index contributed by atoms with van der Waals surface area (Å²) in [4.78, 5) is 42.7. The number of imide groups is 1. The summed E-state index contributed by atoms with van der Waals surface area (Å²) in [5.41, 5.74) is -0.268. The van der Waals surface area contributed by atoms with E-state index in [1.807, 2.05) is 13.8 Å². The molecule has 198 valence electrons. The predicted molar refractivity (Wildman–Crippen MR) is 137 cm³/mol. The molecule has 1 N–H and O–H groups in total. The highest BCUT2D eigenvalue weighted by Gasteiger charge is 2.68. The van der Waals surface area contributed by atoms with Crippen LogP contribution in [0.25, 0.3) is 0 Å². The molecule has 0 aromatic heterocycles. The quantitative estimate of drug-likeness (QED) is 0.382. The smallest absolute Gasteiger partial charge is 0.327 e. The number of hydrogen-bond acceptors (Lipinski definition) is 8. The van der Waals surface area contributed by atoms with Gasteiger partial charge in [-0.1, -0.05) is 19.4 Å². The topological polar surface area (TPSA) is 103 Å². The van der Waals surface area contributed by atoms with Crippen LogP contribution in [0.3, 0.4) is 0 Å². The first-order valence-electron chi connectivity index (χ1n) is 12.6. The fourth-order valence-corrected chi connectivity index (χ4v) is 5.63. The maximum absolute atomic E-state index is 14.0. The molecule has 2 amide bonds. The molecule has 2 aliphatic rings. The van der Waals surface area contributed by atoms with E-state index in [1.165, 1.54) is 12.0 Å². The van der Waals surface area contributed by atoms with E-state index in [0.717, 1.165) is 0 Å². The van der Waals surface area contributed by atoms with E-state index in [1.54, 1.807) is 56.5 Å². The second-order valence-corrected chi connectivity index (χ2v) is 9.11. The summed E-state index contributed by atoms with van der Waals surface area (Å²) < 4.78 is 22.0. The van der Waals surface area contributed by atoms with Crippen LogP contribution < -0.4 is 24.4 Å². The van der Waals surface area contributed by atoms with Gasteiger partial charge in [-0.2, -0.15) is 0 Å². The lowest BCUT2D eigenvalue weighted by Crippen LogP contribution is -2.56. The Balaban J connectivity index is 1.85. The Morgan fingerprint density at radius 3 is 2.24 bits per heavy atom. The van der Waals surface area contributed by atoms with Gasteiger partial charge in [0.15, 0.2) is 0 Å². The molecule has 2 heterocycles. The van der Waals surface area contributed by atoms with Gasteiger partial charge < -0.3 is 18.9 Å². The number of anilines is 1. The first-order chi connectivity index (χ1) is 17.9. The number of ether oxygens (including phenoxy) is 4. The van der Waals surface area contributed by atoms with Crippen LogP contribution in [0.5, 0.6) is 17.2 Å². The molecule has 0 saturated carbocycles. The SMILES string of the molecule is CCC[C@]1(C(=O)OCC)N[C@@H](c2ccc(OC)cc2OC)[C@H]2C(=O)N(c3ccc(OCC)cc3)C(=O)[C@H]21. The highest BCUT2D eigenvalue weighted by Crippen LogP contribution is 2.53. The summed E-state index contributed by atoms with van der Waals surface area (Å²) in [5, 5.41) is 3.40. The standard InChI is InChI=1S/C28H34N2O7/c1-6-15-28(27(33)37-8-3)23-22(24(29-28)20-14-13-19(34-4)16-21(20)35-5)25(31)30(26(23)32)17-9-11-18(12-10-17)36-7-2/h9-14,16,22-24,29H,6-8,15H2,1-5H3/t22-,23-,24-,28-/m0/s1. The third-order valence-electron chi connectivity index (χ3n) is 7.12. The first kappa shape index (κ1) is 26.5. The van der Waals surface area contributed by atoms with E-state index < -0.39 is 35.3 Å². The van der Waals surface area contributed by atoms with Crippen molar-refractivity contribution >= 4 is 23.5 Å². The van der Waals surface area contributed by atoms with Gasteiger partial charge >= 0.3 is 5.97 Å². The van der Waals surface area contributed by atoms with E-state index in [4.69, 9.17) is 18.9 Å². The predicted octanol–water partition coefficient (Wildman–Crippen LogP) is 3.65. The number of nitrogens with zero attached hydrogens (tertiary/aromatic N) is 1. The van der Waals surface area contributed by atoms with Gasteiger partial charge in [-0.3, -0.25) is 19.7 Å². The van der Waals surface area contributed by atoms with Crippen LogP contribution in [0.1, 0.15) is 45.2 Å². The molecule has 2 aliphatic heterocycles. The number of amides is 2. The number of benzene rings is 2. The fraction of sp³-hybridized carbons (Fsp3) is 0.464. The zero-order valence-corrected chi connectivity index (χ0v) is 21.9. The zero-order valence-electron chi connectivity index (χ0n) is 21.9. The van der Waals surface area contributed by atoms with Gasteiger partial charge in [-0.15, -0.1) is 0 Å². The van der Waals surface area contributed by atoms with Gasteiger partial charge in [0.05, 0.1) is 45.0 Å². The van der Waals surface area contributed by atoms with E-state index in [-0.39, 0.29) is 12.5 Å². The normalized spacial score (nSPS) is 24.7. The number of esters is 1. The Kier molecular flexibility index (Phi) is 7.73. The van der Waals surface area contributed by atoms with Gasteiger partial charge in [-0.05, 0) is 50.6 Å². The summed E-state index contributed by atoms with van der Waals surface area (Å²) in [7, 11) is 3.09. The number of carbonyl (C=O) groups is 3.